The van der Waals surface area contributed by atoms with Crippen LogP contribution in [0.3, 0.4) is 0 Å². The molecule has 1 fully saturated rings. The second-order valence-electron chi connectivity index (χ2n) is 5.30. The van der Waals surface area contributed by atoms with Crippen LogP contribution in [-0.2, 0) is 16.4 Å². The molecule has 1 saturated heterocycles. The van der Waals surface area contributed by atoms with Crippen molar-refractivity contribution < 1.29 is 8.42 Å². The molecule has 2 aliphatic rings. The van der Waals surface area contributed by atoms with Crippen LogP contribution in [0.4, 0.5) is 5.69 Å². The number of sulfonamides is 1. The number of benzene rings is 1. The van der Waals surface area contributed by atoms with Gasteiger partial charge in [-0.3, -0.25) is 4.31 Å². The lowest BCUT2D eigenvalue weighted by molar-refractivity contribution is 0.493. The number of nitrogens with one attached hydrogen (secondary N) is 1. The minimum Gasteiger partial charge on any atom is -0.317 e. The summed E-state index contributed by atoms with van der Waals surface area (Å²) in [6.45, 7) is 2.24. The Kier molecular flexibility index (Phi) is 3.50. The molecule has 0 saturated carbocycles. The molecule has 0 aromatic heterocycles. The van der Waals surface area contributed by atoms with Crippen LogP contribution in [0.15, 0.2) is 24.3 Å². The molecule has 19 heavy (non-hydrogen) atoms. The highest BCUT2D eigenvalue weighted by molar-refractivity contribution is 7.93. The van der Waals surface area contributed by atoms with E-state index in [0.717, 1.165) is 50.0 Å². The highest BCUT2D eigenvalue weighted by atomic mass is 32.2. The number of aryl methyl sites for hydroxylation is 1. The summed E-state index contributed by atoms with van der Waals surface area (Å²) in [6.07, 6.45) is 3.34. The number of fused-ring (bicyclic) bond motifs is 1. The predicted molar refractivity (Wildman–Crippen MR) is 76.9 cm³/mol. The first-order chi connectivity index (χ1) is 9.19. The summed E-state index contributed by atoms with van der Waals surface area (Å²) in [5.74, 6) is 0. The fraction of sp³-hybridized carbons (Fsp3) is 0.571. The lowest BCUT2D eigenvalue weighted by Crippen LogP contribution is -2.45. The summed E-state index contributed by atoms with van der Waals surface area (Å²) < 4.78 is 27.3. The van der Waals surface area contributed by atoms with Gasteiger partial charge in [0.05, 0.1) is 10.9 Å². The van der Waals surface area contributed by atoms with Gasteiger partial charge in [0.15, 0.2) is 0 Å². The third-order valence-electron chi connectivity index (χ3n) is 4.08. The van der Waals surface area contributed by atoms with E-state index in [9.17, 15) is 8.42 Å². The zero-order chi connectivity index (χ0) is 13.3. The van der Waals surface area contributed by atoms with Crippen LogP contribution in [0.2, 0.25) is 0 Å². The highest BCUT2D eigenvalue weighted by Crippen LogP contribution is 2.31. The van der Waals surface area contributed by atoms with Crippen LogP contribution in [0.25, 0.3) is 0 Å². The van der Waals surface area contributed by atoms with Gasteiger partial charge in [-0.25, -0.2) is 8.42 Å². The first kappa shape index (κ1) is 12.9. The molecule has 0 aliphatic carbocycles. The second-order valence-corrected chi connectivity index (χ2v) is 7.44. The number of anilines is 1. The van der Waals surface area contributed by atoms with Crippen LogP contribution in [0.5, 0.6) is 0 Å². The topological polar surface area (TPSA) is 49.4 Å². The Bertz CT molecular complexity index is 550. The van der Waals surface area contributed by atoms with Crippen molar-refractivity contribution in [1.82, 2.24) is 5.32 Å². The monoisotopic (exact) mass is 280 g/mol. The Labute approximate surface area is 114 Å². The number of para-hydroxylation sites is 1. The van der Waals surface area contributed by atoms with E-state index in [1.807, 2.05) is 24.3 Å². The Hall–Kier alpha value is -1.07. The zero-order valence-electron chi connectivity index (χ0n) is 11.0. The maximum Gasteiger partial charge on any atom is 0.238 e. The minimum atomic E-state index is -3.21. The third-order valence-corrected chi connectivity index (χ3v) is 6.39. The molecule has 0 unspecified atom stereocenters. The van der Waals surface area contributed by atoms with Crippen molar-refractivity contribution in [3.05, 3.63) is 29.8 Å². The van der Waals surface area contributed by atoms with E-state index in [0.29, 0.717) is 6.54 Å². The van der Waals surface area contributed by atoms with E-state index in [2.05, 4.69) is 5.32 Å². The van der Waals surface area contributed by atoms with Gasteiger partial charge in [-0.2, -0.15) is 0 Å². The SMILES string of the molecule is O=S(=O)(C1CCNCC1)N1CCCc2ccccc21. The third kappa shape index (κ3) is 2.37. The molecule has 0 atom stereocenters. The van der Waals surface area contributed by atoms with E-state index < -0.39 is 10.0 Å². The fourth-order valence-electron chi connectivity index (χ4n) is 3.04. The normalized spacial score (nSPS) is 21.2. The molecule has 104 valence electrons. The molecule has 1 N–H and O–H groups in total. The van der Waals surface area contributed by atoms with Gasteiger partial charge < -0.3 is 5.32 Å². The summed E-state index contributed by atoms with van der Waals surface area (Å²) in [6, 6.07) is 7.89. The molecule has 1 aromatic carbocycles. The minimum absolute atomic E-state index is 0.222. The molecule has 0 bridgehead atoms. The maximum atomic E-state index is 12.8. The smallest absolute Gasteiger partial charge is 0.238 e. The van der Waals surface area contributed by atoms with Crippen molar-refractivity contribution in [3.63, 3.8) is 0 Å². The van der Waals surface area contributed by atoms with Gasteiger partial charge in [0, 0.05) is 6.54 Å². The van der Waals surface area contributed by atoms with Crippen molar-refractivity contribution >= 4 is 15.7 Å². The Morgan fingerprint density at radius 1 is 1.16 bits per heavy atom. The zero-order valence-corrected chi connectivity index (χ0v) is 11.8. The summed E-state index contributed by atoms with van der Waals surface area (Å²) in [5, 5.41) is 3.00. The van der Waals surface area contributed by atoms with Crippen molar-refractivity contribution in [3.8, 4) is 0 Å². The fourth-order valence-corrected chi connectivity index (χ4v) is 5.06. The van der Waals surface area contributed by atoms with Gasteiger partial charge in [-0.1, -0.05) is 18.2 Å². The van der Waals surface area contributed by atoms with Crippen LogP contribution in [-0.4, -0.2) is 33.3 Å². The van der Waals surface area contributed by atoms with Crippen LogP contribution >= 0.6 is 0 Å². The number of piperidine rings is 1. The molecular formula is C14H20N2O2S. The van der Waals surface area contributed by atoms with Crippen LogP contribution < -0.4 is 9.62 Å². The predicted octanol–water partition coefficient (Wildman–Crippen LogP) is 1.52. The van der Waals surface area contributed by atoms with E-state index in [4.69, 9.17) is 0 Å². The molecule has 5 heteroatoms. The van der Waals surface area contributed by atoms with Gasteiger partial charge in [0.25, 0.3) is 0 Å². The molecule has 0 spiro atoms. The van der Waals surface area contributed by atoms with Gasteiger partial charge in [0.1, 0.15) is 0 Å². The number of nitrogens with zero attached hydrogens (tertiary/aromatic N) is 1. The van der Waals surface area contributed by atoms with Crippen molar-refractivity contribution in [2.75, 3.05) is 23.9 Å². The summed E-state index contributed by atoms with van der Waals surface area (Å²) in [4.78, 5) is 0. The lowest BCUT2D eigenvalue weighted by Gasteiger charge is -2.34. The Balaban J connectivity index is 1.94. The average Bonchev–Trinajstić information content (AvgIpc) is 2.47. The van der Waals surface area contributed by atoms with Gasteiger partial charge in [0.2, 0.25) is 10.0 Å². The molecule has 2 heterocycles. The highest BCUT2D eigenvalue weighted by Gasteiger charge is 2.35. The molecule has 1 aromatic rings. The Morgan fingerprint density at radius 3 is 2.68 bits per heavy atom. The van der Waals surface area contributed by atoms with E-state index >= 15 is 0 Å². The van der Waals surface area contributed by atoms with E-state index in [1.165, 1.54) is 0 Å². The molecule has 4 nitrogen and oxygen atoms in total. The molecule has 0 radical (unpaired) electrons. The molecule has 0 amide bonds. The van der Waals surface area contributed by atoms with Gasteiger partial charge in [-0.15, -0.1) is 0 Å². The summed E-state index contributed by atoms with van der Waals surface area (Å²) in [7, 11) is -3.21. The largest absolute Gasteiger partial charge is 0.317 e. The second kappa shape index (κ2) is 5.13. The van der Waals surface area contributed by atoms with Crippen molar-refractivity contribution in [2.45, 2.75) is 30.9 Å². The standard InChI is InChI=1S/C14H20N2O2S/c17-19(18,13-7-9-15-10-8-13)16-11-3-5-12-4-1-2-6-14(12)16/h1-2,4,6,13,15H,3,5,7-11H2. The first-order valence-corrected chi connectivity index (χ1v) is 8.50. The van der Waals surface area contributed by atoms with Gasteiger partial charge >= 0.3 is 0 Å². The van der Waals surface area contributed by atoms with Crippen LogP contribution in [0, 0.1) is 0 Å². The van der Waals surface area contributed by atoms with Crippen molar-refractivity contribution in [1.29, 1.82) is 0 Å². The summed E-state index contributed by atoms with van der Waals surface area (Å²) in [5.41, 5.74) is 2.05. The first-order valence-electron chi connectivity index (χ1n) is 7.00. The number of hydrogen-bond donors (Lipinski definition) is 1. The maximum absolute atomic E-state index is 12.8. The quantitative estimate of drug-likeness (QED) is 0.893. The van der Waals surface area contributed by atoms with Crippen molar-refractivity contribution in [2.24, 2.45) is 0 Å². The van der Waals surface area contributed by atoms with Crippen LogP contribution in [0.1, 0.15) is 24.8 Å². The number of rotatable bonds is 2. The summed E-state index contributed by atoms with van der Waals surface area (Å²) >= 11 is 0. The van der Waals surface area contributed by atoms with E-state index in [-0.39, 0.29) is 5.25 Å². The number of hydrogen-bond acceptors (Lipinski definition) is 3. The molecule has 3 rings (SSSR count). The molecule has 2 aliphatic heterocycles. The Morgan fingerprint density at radius 2 is 1.89 bits per heavy atom. The van der Waals surface area contributed by atoms with E-state index in [1.54, 1.807) is 4.31 Å². The lowest BCUT2D eigenvalue weighted by atomic mass is 10.0. The van der Waals surface area contributed by atoms with Gasteiger partial charge in [-0.05, 0) is 50.4 Å². The average molecular weight is 280 g/mol. The molecular weight excluding hydrogens is 260 g/mol.